The fourth-order valence-corrected chi connectivity index (χ4v) is 2.23. The summed E-state index contributed by atoms with van der Waals surface area (Å²) in [5.74, 6) is 0. The largest absolute Gasteiger partial charge is 0.392 e. The van der Waals surface area contributed by atoms with Gasteiger partial charge in [-0.25, -0.2) is 0 Å². The minimum absolute atomic E-state index is 0.0321. The van der Waals surface area contributed by atoms with Crippen molar-refractivity contribution in [2.75, 3.05) is 24.6 Å². The van der Waals surface area contributed by atoms with Crippen LogP contribution in [-0.4, -0.2) is 30.9 Å². The number of morpholine rings is 1. The van der Waals surface area contributed by atoms with Crippen LogP contribution in [0.4, 0.5) is 5.69 Å². The van der Waals surface area contributed by atoms with Crippen LogP contribution in [0, 0.1) is 11.3 Å². The Morgan fingerprint density at radius 2 is 2.39 bits per heavy atom. The van der Waals surface area contributed by atoms with Crippen LogP contribution in [0.2, 0.25) is 0 Å². The van der Waals surface area contributed by atoms with Gasteiger partial charge >= 0.3 is 0 Å². The van der Waals surface area contributed by atoms with Crippen LogP contribution < -0.4 is 4.90 Å². The van der Waals surface area contributed by atoms with Crippen molar-refractivity contribution in [2.24, 2.45) is 0 Å². The average Bonchev–Trinajstić information content (AvgIpc) is 2.46. The lowest BCUT2D eigenvalue weighted by molar-refractivity contribution is 0.0384. The van der Waals surface area contributed by atoms with Crippen molar-refractivity contribution in [2.45, 2.75) is 26.1 Å². The normalized spacial score (nSPS) is 19.6. The van der Waals surface area contributed by atoms with Crippen LogP contribution >= 0.6 is 0 Å². The van der Waals surface area contributed by atoms with E-state index in [9.17, 15) is 5.26 Å². The first-order chi connectivity index (χ1) is 8.78. The summed E-state index contributed by atoms with van der Waals surface area (Å²) in [5.41, 5.74) is 2.34. The Morgan fingerprint density at radius 3 is 3.06 bits per heavy atom. The van der Waals surface area contributed by atoms with E-state index >= 15 is 0 Å². The molecule has 96 valence electrons. The number of rotatable bonds is 3. The first kappa shape index (κ1) is 12.9. The smallest absolute Gasteiger partial charge is 0.101 e. The number of benzene rings is 1. The molecular weight excluding hydrogens is 228 g/mol. The summed E-state index contributed by atoms with van der Waals surface area (Å²) < 4.78 is 5.63. The summed E-state index contributed by atoms with van der Waals surface area (Å²) in [6.45, 7) is 4.41. The van der Waals surface area contributed by atoms with E-state index in [0.717, 1.165) is 30.8 Å². The molecule has 0 bridgehead atoms. The zero-order valence-electron chi connectivity index (χ0n) is 10.6. The molecule has 0 aromatic heterocycles. The van der Waals surface area contributed by atoms with E-state index in [1.807, 2.05) is 12.1 Å². The van der Waals surface area contributed by atoms with Crippen LogP contribution in [-0.2, 0) is 11.3 Å². The van der Waals surface area contributed by atoms with Gasteiger partial charge in [-0.15, -0.1) is 0 Å². The van der Waals surface area contributed by atoms with Gasteiger partial charge in [0.15, 0.2) is 0 Å². The highest BCUT2D eigenvalue weighted by Gasteiger charge is 2.21. The van der Waals surface area contributed by atoms with Crippen molar-refractivity contribution in [3.8, 4) is 6.07 Å². The molecule has 1 atom stereocenters. The Kier molecular flexibility index (Phi) is 4.19. The second-order valence-electron chi connectivity index (χ2n) is 4.47. The van der Waals surface area contributed by atoms with Gasteiger partial charge in [-0.05, 0) is 24.1 Å². The molecular formula is C14H18N2O2. The van der Waals surface area contributed by atoms with Crippen LogP contribution in [0.3, 0.4) is 0 Å². The van der Waals surface area contributed by atoms with Crippen molar-refractivity contribution in [3.63, 3.8) is 0 Å². The van der Waals surface area contributed by atoms with Crippen molar-refractivity contribution < 1.29 is 9.84 Å². The van der Waals surface area contributed by atoms with E-state index in [4.69, 9.17) is 9.84 Å². The van der Waals surface area contributed by atoms with E-state index in [-0.39, 0.29) is 12.7 Å². The predicted octanol–water partition coefficient (Wildman–Crippen LogP) is 1.67. The first-order valence-electron chi connectivity index (χ1n) is 6.29. The van der Waals surface area contributed by atoms with Gasteiger partial charge < -0.3 is 14.7 Å². The Labute approximate surface area is 107 Å². The molecule has 1 saturated heterocycles. The number of aliphatic hydroxyl groups excluding tert-OH is 1. The van der Waals surface area contributed by atoms with E-state index in [1.165, 1.54) is 0 Å². The van der Waals surface area contributed by atoms with Gasteiger partial charge in [0.1, 0.15) is 6.07 Å². The molecule has 1 N–H and O–H groups in total. The monoisotopic (exact) mass is 246 g/mol. The summed E-state index contributed by atoms with van der Waals surface area (Å²) >= 11 is 0. The average molecular weight is 246 g/mol. The van der Waals surface area contributed by atoms with Crippen LogP contribution in [0.5, 0.6) is 0 Å². The number of aliphatic hydroxyl groups is 1. The van der Waals surface area contributed by atoms with E-state index in [0.29, 0.717) is 12.2 Å². The quantitative estimate of drug-likeness (QED) is 0.881. The van der Waals surface area contributed by atoms with Gasteiger partial charge in [-0.2, -0.15) is 5.26 Å². The summed E-state index contributed by atoms with van der Waals surface area (Å²) in [7, 11) is 0. The number of anilines is 1. The fraction of sp³-hybridized carbons (Fsp3) is 0.500. The van der Waals surface area contributed by atoms with Gasteiger partial charge in [0.05, 0.1) is 30.6 Å². The van der Waals surface area contributed by atoms with Crippen molar-refractivity contribution in [3.05, 3.63) is 29.3 Å². The molecule has 18 heavy (non-hydrogen) atoms. The Bertz CT molecular complexity index is 454. The summed E-state index contributed by atoms with van der Waals surface area (Å²) in [6, 6.07) is 7.75. The summed E-state index contributed by atoms with van der Waals surface area (Å²) in [4.78, 5) is 2.19. The second-order valence-corrected chi connectivity index (χ2v) is 4.47. The SMILES string of the molecule is CCC1CN(c2ccc(CO)cc2C#N)CCO1. The van der Waals surface area contributed by atoms with E-state index in [1.54, 1.807) is 6.07 Å². The molecule has 1 heterocycles. The summed E-state index contributed by atoms with van der Waals surface area (Å²) in [5, 5.41) is 18.3. The third-order valence-corrected chi connectivity index (χ3v) is 3.30. The third-order valence-electron chi connectivity index (χ3n) is 3.30. The lowest BCUT2D eigenvalue weighted by atomic mass is 10.1. The molecule has 4 heteroatoms. The molecule has 1 aromatic rings. The highest BCUT2D eigenvalue weighted by molar-refractivity contribution is 5.60. The number of hydrogen-bond acceptors (Lipinski definition) is 4. The molecule has 2 rings (SSSR count). The lowest BCUT2D eigenvalue weighted by Gasteiger charge is -2.34. The Hall–Kier alpha value is -1.57. The van der Waals surface area contributed by atoms with Crippen LogP contribution in [0.1, 0.15) is 24.5 Å². The Balaban J connectivity index is 2.24. The van der Waals surface area contributed by atoms with Gasteiger partial charge in [-0.1, -0.05) is 13.0 Å². The maximum absolute atomic E-state index is 9.20. The molecule has 0 amide bonds. The molecule has 0 radical (unpaired) electrons. The van der Waals surface area contributed by atoms with E-state index < -0.39 is 0 Å². The fourth-order valence-electron chi connectivity index (χ4n) is 2.23. The maximum atomic E-state index is 9.20. The van der Waals surface area contributed by atoms with Gasteiger partial charge in [0.2, 0.25) is 0 Å². The zero-order valence-corrected chi connectivity index (χ0v) is 10.6. The van der Waals surface area contributed by atoms with Gasteiger partial charge in [-0.3, -0.25) is 0 Å². The minimum atomic E-state index is -0.0321. The van der Waals surface area contributed by atoms with Gasteiger partial charge in [0.25, 0.3) is 0 Å². The Morgan fingerprint density at radius 1 is 1.56 bits per heavy atom. The maximum Gasteiger partial charge on any atom is 0.101 e. The van der Waals surface area contributed by atoms with Crippen LogP contribution in [0.25, 0.3) is 0 Å². The number of hydrogen-bond donors (Lipinski definition) is 1. The second kappa shape index (κ2) is 5.85. The molecule has 1 fully saturated rings. The molecule has 1 aromatic carbocycles. The first-order valence-corrected chi connectivity index (χ1v) is 6.29. The molecule has 1 aliphatic heterocycles. The minimum Gasteiger partial charge on any atom is -0.392 e. The number of nitrogens with zero attached hydrogens (tertiary/aromatic N) is 2. The predicted molar refractivity (Wildman–Crippen MR) is 69.3 cm³/mol. The third kappa shape index (κ3) is 2.63. The standard InChI is InChI=1S/C14H18N2O2/c1-2-13-9-16(5-6-18-13)14-4-3-11(10-17)7-12(14)8-15/h3-4,7,13,17H,2,5-6,9-10H2,1H3. The molecule has 0 aliphatic carbocycles. The lowest BCUT2D eigenvalue weighted by Crippen LogP contribution is -2.42. The van der Waals surface area contributed by atoms with Crippen molar-refractivity contribution >= 4 is 5.69 Å². The molecule has 1 aliphatic rings. The summed E-state index contributed by atoms with van der Waals surface area (Å²) in [6.07, 6.45) is 1.22. The highest BCUT2D eigenvalue weighted by atomic mass is 16.5. The van der Waals surface area contributed by atoms with Crippen molar-refractivity contribution in [1.82, 2.24) is 0 Å². The molecule has 0 spiro atoms. The van der Waals surface area contributed by atoms with Crippen molar-refractivity contribution in [1.29, 1.82) is 5.26 Å². The number of nitriles is 1. The van der Waals surface area contributed by atoms with E-state index in [2.05, 4.69) is 17.9 Å². The molecule has 0 saturated carbocycles. The zero-order chi connectivity index (χ0) is 13.0. The molecule has 1 unspecified atom stereocenters. The van der Waals surface area contributed by atoms with Gasteiger partial charge in [0, 0.05) is 13.1 Å². The topological polar surface area (TPSA) is 56.5 Å². The number of ether oxygens (including phenoxy) is 1. The highest BCUT2D eigenvalue weighted by Crippen LogP contribution is 2.24. The van der Waals surface area contributed by atoms with Crippen LogP contribution in [0.15, 0.2) is 18.2 Å². The molecule has 4 nitrogen and oxygen atoms in total.